The number of carbonyl (C=O) groups is 1. The quantitative estimate of drug-likeness (QED) is 0.477. The maximum atomic E-state index is 13.7. The number of benzene rings is 3. The van der Waals surface area contributed by atoms with Gasteiger partial charge in [-0.25, -0.2) is 9.79 Å². The number of aromatic carboxylic acids is 1. The van der Waals surface area contributed by atoms with Crippen LogP contribution in [0.4, 0.5) is 0 Å². The second-order valence-electron chi connectivity index (χ2n) is 8.95. The molecule has 35 heavy (non-hydrogen) atoms. The van der Waals surface area contributed by atoms with Crippen molar-refractivity contribution in [3.8, 4) is 0 Å². The highest BCUT2D eigenvalue weighted by atomic mass is 32.1. The summed E-state index contributed by atoms with van der Waals surface area (Å²) in [4.78, 5) is 30.6. The third-order valence-electron chi connectivity index (χ3n) is 6.72. The van der Waals surface area contributed by atoms with Crippen LogP contribution in [0.2, 0.25) is 0 Å². The molecule has 0 saturated heterocycles. The Morgan fingerprint density at radius 1 is 1.03 bits per heavy atom. The Kier molecular flexibility index (Phi) is 5.11. The number of rotatable bonds is 3. The summed E-state index contributed by atoms with van der Waals surface area (Å²) >= 11 is 1.38. The molecule has 1 unspecified atom stereocenters. The molecular weight excluding hydrogens is 456 g/mol. The van der Waals surface area contributed by atoms with Crippen LogP contribution in [-0.4, -0.2) is 15.6 Å². The van der Waals surface area contributed by atoms with E-state index in [9.17, 15) is 9.59 Å². The first-order valence-electron chi connectivity index (χ1n) is 11.5. The minimum atomic E-state index is -0.972. The van der Waals surface area contributed by atoms with Crippen LogP contribution in [0, 0.1) is 6.92 Å². The Morgan fingerprint density at radius 3 is 2.51 bits per heavy atom. The van der Waals surface area contributed by atoms with Gasteiger partial charge in [0.1, 0.15) is 0 Å². The number of aromatic nitrogens is 1. The summed E-state index contributed by atoms with van der Waals surface area (Å²) < 4.78 is 2.41. The van der Waals surface area contributed by atoms with Gasteiger partial charge in [-0.1, -0.05) is 77.6 Å². The molecule has 1 atom stereocenters. The van der Waals surface area contributed by atoms with Crippen LogP contribution in [0.5, 0.6) is 0 Å². The van der Waals surface area contributed by atoms with Crippen LogP contribution in [-0.2, 0) is 6.42 Å². The lowest BCUT2D eigenvalue weighted by molar-refractivity contribution is 0.0697. The second kappa shape index (κ2) is 8.32. The van der Waals surface area contributed by atoms with Crippen molar-refractivity contribution in [1.82, 2.24) is 4.57 Å². The molecule has 5 nitrogen and oxygen atoms in total. The second-order valence-corrected chi connectivity index (χ2v) is 9.96. The van der Waals surface area contributed by atoms with E-state index < -0.39 is 5.97 Å². The van der Waals surface area contributed by atoms with E-state index in [1.165, 1.54) is 28.0 Å². The van der Waals surface area contributed by atoms with Gasteiger partial charge in [-0.2, -0.15) is 0 Å². The fourth-order valence-electron chi connectivity index (χ4n) is 4.94. The molecule has 0 fully saturated rings. The molecule has 0 bridgehead atoms. The molecule has 0 saturated carbocycles. The van der Waals surface area contributed by atoms with Crippen molar-refractivity contribution in [2.24, 2.45) is 4.99 Å². The van der Waals surface area contributed by atoms with Gasteiger partial charge in [0.15, 0.2) is 4.80 Å². The summed E-state index contributed by atoms with van der Waals surface area (Å²) in [6, 6.07) is 23.1. The van der Waals surface area contributed by atoms with Gasteiger partial charge in [-0.15, -0.1) is 0 Å². The number of nitrogens with zero attached hydrogens (tertiary/aromatic N) is 2. The van der Waals surface area contributed by atoms with Crippen molar-refractivity contribution in [3.63, 3.8) is 0 Å². The molecule has 2 aliphatic rings. The number of hydrogen-bond acceptors (Lipinski definition) is 4. The van der Waals surface area contributed by atoms with E-state index in [2.05, 4.69) is 49.4 Å². The van der Waals surface area contributed by atoms with Crippen LogP contribution >= 0.6 is 11.3 Å². The summed E-state index contributed by atoms with van der Waals surface area (Å²) in [5, 5.41) is 9.17. The molecule has 1 aliphatic carbocycles. The largest absolute Gasteiger partial charge is 0.478 e. The molecule has 1 aromatic heterocycles. The maximum Gasteiger partial charge on any atom is 0.335 e. The Balaban J connectivity index is 1.57. The van der Waals surface area contributed by atoms with Gasteiger partial charge in [0.05, 0.1) is 21.8 Å². The zero-order chi connectivity index (χ0) is 24.1. The molecule has 1 N–H and O–H groups in total. The number of hydrogen-bond donors (Lipinski definition) is 1. The molecule has 6 rings (SSSR count). The summed E-state index contributed by atoms with van der Waals surface area (Å²) in [6.07, 6.45) is 3.60. The first kappa shape index (κ1) is 21.5. The summed E-state index contributed by atoms with van der Waals surface area (Å²) in [7, 11) is 0. The molecular formula is C29H22N2O3S. The van der Waals surface area contributed by atoms with Crippen LogP contribution in [0.1, 0.15) is 50.6 Å². The SMILES string of the molecule is Cc1ccc(C2C3=C(N=c4sc(=Cc5ccc(C(=O)O)cc5)c(=O)n42)c2ccccc2CC3)cc1. The van der Waals surface area contributed by atoms with Gasteiger partial charge in [-0.3, -0.25) is 9.36 Å². The Labute approximate surface area is 205 Å². The third-order valence-corrected chi connectivity index (χ3v) is 7.70. The van der Waals surface area contributed by atoms with Gasteiger partial charge in [-0.05, 0) is 60.2 Å². The van der Waals surface area contributed by atoms with Crippen molar-refractivity contribution < 1.29 is 9.90 Å². The first-order valence-corrected chi connectivity index (χ1v) is 12.3. The van der Waals surface area contributed by atoms with Crippen molar-refractivity contribution in [3.05, 3.63) is 131 Å². The highest BCUT2D eigenvalue weighted by Gasteiger charge is 2.32. The van der Waals surface area contributed by atoms with E-state index in [-0.39, 0.29) is 17.2 Å². The van der Waals surface area contributed by atoms with E-state index in [0.717, 1.165) is 35.2 Å². The number of allylic oxidation sites excluding steroid dienone is 1. The monoisotopic (exact) mass is 478 g/mol. The molecule has 172 valence electrons. The predicted molar refractivity (Wildman–Crippen MR) is 137 cm³/mol. The van der Waals surface area contributed by atoms with Crippen LogP contribution < -0.4 is 14.9 Å². The van der Waals surface area contributed by atoms with Crippen LogP contribution in [0.25, 0.3) is 11.8 Å². The van der Waals surface area contributed by atoms with Gasteiger partial charge in [0.25, 0.3) is 5.56 Å². The highest BCUT2D eigenvalue weighted by molar-refractivity contribution is 7.07. The lowest BCUT2D eigenvalue weighted by Crippen LogP contribution is -2.38. The maximum absolute atomic E-state index is 13.7. The van der Waals surface area contributed by atoms with Crippen molar-refractivity contribution in [2.75, 3.05) is 0 Å². The van der Waals surface area contributed by atoms with Gasteiger partial charge in [0, 0.05) is 5.56 Å². The van der Waals surface area contributed by atoms with Gasteiger partial charge in [0.2, 0.25) is 0 Å². The zero-order valence-corrected chi connectivity index (χ0v) is 19.9. The Bertz CT molecular complexity index is 1690. The Hall–Kier alpha value is -4.03. The number of carboxylic acids is 1. The fraction of sp³-hybridized carbons (Fsp3) is 0.138. The molecule has 6 heteroatoms. The average Bonchev–Trinajstić information content (AvgIpc) is 3.18. The van der Waals surface area contributed by atoms with Crippen molar-refractivity contribution in [2.45, 2.75) is 25.8 Å². The molecule has 4 aromatic rings. The summed E-state index contributed by atoms with van der Waals surface area (Å²) in [6.45, 7) is 2.06. The standard InChI is InChI=1S/C29H22N2O3S/c1-17-6-10-20(11-7-17)26-23-15-14-19-4-2-3-5-22(19)25(23)30-29-31(26)27(32)24(35-29)16-18-8-12-21(13-9-18)28(33)34/h2-13,16,26H,14-15H2,1H3,(H,33,34). The molecule has 1 aliphatic heterocycles. The minimum absolute atomic E-state index is 0.0768. The Morgan fingerprint density at radius 2 is 1.77 bits per heavy atom. The lowest BCUT2D eigenvalue weighted by atomic mass is 9.83. The van der Waals surface area contributed by atoms with E-state index in [1.54, 1.807) is 24.3 Å². The predicted octanol–water partition coefficient (Wildman–Crippen LogP) is 4.33. The zero-order valence-electron chi connectivity index (χ0n) is 19.1. The number of aryl methyl sites for hydroxylation is 2. The first-order chi connectivity index (χ1) is 17.0. The topological polar surface area (TPSA) is 71.7 Å². The summed E-state index contributed by atoms with van der Waals surface area (Å²) in [5.41, 5.74) is 7.77. The smallest absolute Gasteiger partial charge is 0.335 e. The summed E-state index contributed by atoms with van der Waals surface area (Å²) in [5.74, 6) is -0.972. The average molecular weight is 479 g/mol. The van der Waals surface area contributed by atoms with Gasteiger partial charge >= 0.3 is 5.97 Å². The molecule has 0 amide bonds. The molecule has 3 aromatic carbocycles. The molecule has 2 heterocycles. The highest BCUT2D eigenvalue weighted by Crippen LogP contribution is 2.41. The normalized spacial score (nSPS) is 16.8. The number of carboxylic acid groups (broad SMARTS) is 1. The van der Waals surface area contributed by atoms with Crippen molar-refractivity contribution >= 4 is 29.1 Å². The lowest BCUT2D eigenvalue weighted by Gasteiger charge is -2.30. The molecule has 0 radical (unpaired) electrons. The van der Waals surface area contributed by atoms with E-state index in [1.807, 2.05) is 16.7 Å². The van der Waals surface area contributed by atoms with Gasteiger partial charge < -0.3 is 5.11 Å². The minimum Gasteiger partial charge on any atom is -0.478 e. The van der Waals surface area contributed by atoms with Crippen LogP contribution in [0.3, 0.4) is 0 Å². The number of fused-ring (bicyclic) bond motifs is 3. The van der Waals surface area contributed by atoms with Crippen molar-refractivity contribution in [1.29, 1.82) is 0 Å². The van der Waals surface area contributed by atoms with E-state index >= 15 is 0 Å². The fourth-order valence-corrected chi connectivity index (χ4v) is 5.95. The third kappa shape index (κ3) is 3.67. The van der Waals surface area contributed by atoms with E-state index in [0.29, 0.717) is 9.33 Å². The molecule has 0 spiro atoms. The van der Waals surface area contributed by atoms with E-state index in [4.69, 9.17) is 10.1 Å². The number of thiazole rings is 1. The van der Waals surface area contributed by atoms with Crippen LogP contribution in [0.15, 0.2) is 88.2 Å².